The van der Waals surface area contributed by atoms with Gasteiger partial charge in [0.15, 0.2) is 0 Å². The van der Waals surface area contributed by atoms with Gasteiger partial charge in [-0.1, -0.05) is 6.07 Å². The highest BCUT2D eigenvalue weighted by Gasteiger charge is 2.15. The molecule has 0 unspecified atom stereocenters. The lowest BCUT2D eigenvalue weighted by Gasteiger charge is -2.11. The summed E-state index contributed by atoms with van der Waals surface area (Å²) in [6, 6.07) is 12.7. The molecule has 0 atom stereocenters. The number of rotatable bonds is 4. The molecule has 2 N–H and O–H groups in total. The molecule has 29 heavy (non-hydrogen) atoms. The van der Waals surface area contributed by atoms with Gasteiger partial charge in [-0.15, -0.1) is 0 Å². The molecule has 1 amide bonds. The van der Waals surface area contributed by atoms with Crippen LogP contribution in [-0.2, 0) is 0 Å². The summed E-state index contributed by atoms with van der Waals surface area (Å²) >= 11 is 0. The third-order valence-corrected chi connectivity index (χ3v) is 4.99. The maximum absolute atomic E-state index is 14.5. The maximum atomic E-state index is 14.5. The van der Waals surface area contributed by atoms with Gasteiger partial charge < -0.3 is 5.32 Å². The van der Waals surface area contributed by atoms with E-state index in [4.69, 9.17) is 0 Å². The van der Waals surface area contributed by atoms with Gasteiger partial charge in [0.1, 0.15) is 11.5 Å². The molecule has 4 aromatic rings. The Hall–Kier alpha value is -3.54. The molecule has 2 aromatic carbocycles. The Bertz CT molecular complexity index is 1230. The van der Waals surface area contributed by atoms with Gasteiger partial charge in [0.05, 0.1) is 5.52 Å². The van der Waals surface area contributed by atoms with Crippen molar-refractivity contribution >= 4 is 16.8 Å². The van der Waals surface area contributed by atoms with Gasteiger partial charge >= 0.3 is 0 Å². The number of halogens is 1. The van der Waals surface area contributed by atoms with Crippen molar-refractivity contribution < 1.29 is 9.18 Å². The molecule has 2 aromatic heterocycles. The third kappa shape index (κ3) is 3.49. The molecule has 6 heteroatoms. The van der Waals surface area contributed by atoms with E-state index in [2.05, 4.69) is 20.5 Å². The lowest BCUT2D eigenvalue weighted by molar-refractivity contribution is 0.0955. The van der Waals surface area contributed by atoms with Crippen LogP contribution < -0.4 is 5.32 Å². The number of amides is 1. The highest BCUT2D eigenvalue weighted by Crippen LogP contribution is 2.32. The van der Waals surface area contributed by atoms with Gasteiger partial charge in [-0.2, -0.15) is 5.10 Å². The zero-order valence-corrected chi connectivity index (χ0v) is 16.5. The van der Waals surface area contributed by atoms with E-state index in [1.54, 1.807) is 19.2 Å². The van der Waals surface area contributed by atoms with E-state index in [1.165, 1.54) is 6.07 Å². The summed E-state index contributed by atoms with van der Waals surface area (Å²) < 4.78 is 14.5. The summed E-state index contributed by atoms with van der Waals surface area (Å²) in [6.07, 6.45) is 1.76. The van der Waals surface area contributed by atoms with E-state index >= 15 is 0 Å². The minimum Gasteiger partial charge on any atom is -0.352 e. The Morgan fingerprint density at radius 3 is 2.69 bits per heavy atom. The lowest BCUT2D eigenvalue weighted by atomic mass is 9.96. The first kappa shape index (κ1) is 18.8. The number of pyridine rings is 1. The van der Waals surface area contributed by atoms with Gasteiger partial charge in [0.2, 0.25) is 0 Å². The number of aryl methyl sites for hydroxylation is 1. The van der Waals surface area contributed by atoms with Crippen LogP contribution in [0, 0.1) is 19.7 Å². The fraction of sp³-hybridized carbons (Fsp3) is 0.174. The molecular formula is C23H21FN4O. The maximum Gasteiger partial charge on any atom is 0.251 e. The standard InChI is InChI=1S/C23H21FN4O/c1-4-25-23(29)17-10-19(14(3)20(24)11-17)15-5-6-18-21(12-15)27-28-22(18)16-7-8-26-13(2)9-16/h5-12H,4H2,1-3H3,(H,25,29)(H,27,28). The van der Waals surface area contributed by atoms with Crippen molar-refractivity contribution in [1.82, 2.24) is 20.5 Å². The van der Waals surface area contributed by atoms with Crippen LogP contribution in [0.25, 0.3) is 33.3 Å². The van der Waals surface area contributed by atoms with E-state index in [-0.39, 0.29) is 5.91 Å². The molecule has 0 aliphatic rings. The van der Waals surface area contributed by atoms with E-state index in [0.29, 0.717) is 23.2 Å². The van der Waals surface area contributed by atoms with Crippen molar-refractivity contribution in [2.45, 2.75) is 20.8 Å². The van der Waals surface area contributed by atoms with Gasteiger partial charge in [-0.3, -0.25) is 14.9 Å². The minimum atomic E-state index is -0.401. The number of benzene rings is 2. The largest absolute Gasteiger partial charge is 0.352 e. The van der Waals surface area contributed by atoms with Crippen LogP contribution in [0.15, 0.2) is 48.7 Å². The van der Waals surface area contributed by atoms with Crippen LogP contribution >= 0.6 is 0 Å². The topological polar surface area (TPSA) is 70.7 Å². The minimum absolute atomic E-state index is 0.286. The van der Waals surface area contributed by atoms with Crippen molar-refractivity contribution in [2.75, 3.05) is 6.54 Å². The summed E-state index contributed by atoms with van der Waals surface area (Å²) in [6.45, 7) is 5.97. The molecule has 146 valence electrons. The second kappa shape index (κ2) is 7.47. The molecule has 0 spiro atoms. The van der Waals surface area contributed by atoms with E-state index in [0.717, 1.165) is 33.4 Å². The quantitative estimate of drug-likeness (QED) is 0.528. The van der Waals surface area contributed by atoms with Crippen LogP contribution in [0.5, 0.6) is 0 Å². The Balaban J connectivity index is 1.81. The smallest absolute Gasteiger partial charge is 0.251 e. The van der Waals surface area contributed by atoms with Crippen molar-refractivity contribution in [2.24, 2.45) is 0 Å². The number of carbonyl (C=O) groups excluding carboxylic acids is 1. The first-order valence-electron chi connectivity index (χ1n) is 9.47. The zero-order valence-electron chi connectivity index (χ0n) is 16.5. The van der Waals surface area contributed by atoms with E-state index < -0.39 is 5.82 Å². The number of H-pyrrole nitrogens is 1. The average molecular weight is 388 g/mol. The van der Waals surface area contributed by atoms with Crippen molar-refractivity contribution in [3.63, 3.8) is 0 Å². The predicted octanol–water partition coefficient (Wildman–Crippen LogP) is 4.80. The molecule has 0 aliphatic carbocycles. The van der Waals surface area contributed by atoms with Crippen molar-refractivity contribution in [3.05, 3.63) is 71.3 Å². The Morgan fingerprint density at radius 2 is 1.93 bits per heavy atom. The Morgan fingerprint density at radius 1 is 1.10 bits per heavy atom. The molecule has 0 radical (unpaired) electrons. The Labute approximate surface area is 168 Å². The number of carbonyl (C=O) groups is 1. The summed E-state index contributed by atoms with van der Waals surface area (Å²) in [4.78, 5) is 16.4. The molecule has 0 saturated heterocycles. The number of aromatic nitrogens is 3. The SMILES string of the molecule is CCNC(=O)c1cc(F)c(C)c(-c2ccc3c(-c4ccnc(C)c4)n[nH]c3c2)c1. The van der Waals surface area contributed by atoms with Crippen molar-refractivity contribution in [3.8, 4) is 22.4 Å². The molecular weight excluding hydrogens is 367 g/mol. The van der Waals surface area contributed by atoms with Gasteiger partial charge in [0, 0.05) is 34.9 Å². The molecule has 0 aliphatic heterocycles. The zero-order chi connectivity index (χ0) is 20.5. The highest BCUT2D eigenvalue weighted by molar-refractivity contribution is 5.98. The second-order valence-corrected chi connectivity index (χ2v) is 7.01. The number of aromatic amines is 1. The first-order chi connectivity index (χ1) is 14.0. The van der Waals surface area contributed by atoms with Crippen LogP contribution in [0.2, 0.25) is 0 Å². The molecule has 2 heterocycles. The van der Waals surface area contributed by atoms with Crippen LogP contribution in [0.4, 0.5) is 4.39 Å². The van der Waals surface area contributed by atoms with Crippen LogP contribution in [0.3, 0.4) is 0 Å². The molecule has 4 rings (SSSR count). The number of hydrogen-bond donors (Lipinski definition) is 2. The van der Waals surface area contributed by atoms with Gasteiger partial charge in [-0.05, 0) is 73.9 Å². The van der Waals surface area contributed by atoms with Gasteiger partial charge in [-0.25, -0.2) is 4.39 Å². The molecule has 0 saturated carbocycles. The van der Waals surface area contributed by atoms with Crippen LogP contribution in [0.1, 0.15) is 28.5 Å². The molecule has 0 fully saturated rings. The fourth-order valence-electron chi connectivity index (χ4n) is 3.47. The number of hydrogen-bond acceptors (Lipinski definition) is 3. The highest BCUT2D eigenvalue weighted by atomic mass is 19.1. The summed E-state index contributed by atoms with van der Waals surface area (Å²) in [5.41, 5.74) is 5.90. The predicted molar refractivity (Wildman–Crippen MR) is 112 cm³/mol. The number of nitrogens with zero attached hydrogens (tertiary/aromatic N) is 2. The fourth-order valence-corrected chi connectivity index (χ4v) is 3.47. The van der Waals surface area contributed by atoms with Crippen LogP contribution in [-0.4, -0.2) is 27.6 Å². The normalized spacial score (nSPS) is 11.0. The number of nitrogens with one attached hydrogen (secondary N) is 2. The third-order valence-electron chi connectivity index (χ3n) is 4.99. The average Bonchev–Trinajstić information content (AvgIpc) is 3.13. The molecule has 0 bridgehead atoms. The summed E-state index contributed by atoms with van der Waals surface area (Å²) in [5, 5.41) is 11.2. The lowest BCUT2D eigenvalue weighted by Crippen LogP contribution is -2.22. The molecule has 5 nitrogen and oxygen atoms in total. The van der Waals surface area contributed by atoms with Gasteiger partial charge in [0.25, 0.3) is 5.91 Å². The number of fused-ring (bicyclic) bond motifs is 1. The second-order valence-electron chi connectivity index (χ2n) is 7.01. The van der Waals surface area contributed by atoms with Crippen molar-refractivity contribution in [1.29, 1.82) is 0 Å². The monoisotopic (exact) mass is 388 g/mol. The first-order valence-corrected chi connectivity index (χ1v) is 9.47. The Kier molecular flexibility index (Phi) is 4.84. The van der Waals surface area contributed by atoms with E-state index in [1.807, 2.05) is 44.2 Å². The van der Waals surface area contributed by atoms with E-state index in [9.17, 15) is 9.18 Å². The summed E-state index contributed by atoms with van der Waals surface area (Å²) in [7, 11) is 0. The summed E-state index contributed by atoms with van der Waals surface area (Å²) in [5.74, 6) is -0.688.